The van der Waals surface area contributed by atoms with Crippen LogP contribution < -0.4 is 0 Å². The molecule has 0 fully saturated rings. The van der Waals surface area contributed by atoms with E-state index in [0.29, 0.717) is 0 Å². The maximum atomic E-state index is 5.24. The van der Waals surface area contributed by atoms with Gasteiger partial charge in [-0.15, -0.1) is 0 Å². The van der Waals surface area contributed by atoms with Gasteiger partial charge >= 0.3 is 0 Å². The zero-order chi connectivity index (χ0) is 9.38. The molecule has 3 rings (SSSR count). The Kier molecular flexibility index (Phi) is 1.44. The Morgan fingerprint density at radius 3 is 2.71 bits per heavy atom. The molecule has 0 bridgehead atoms. The number of furan rings is 1. The minimum absolute atomic E-state index is 0.814. The highest BCUT2D eigenvalue weighted by Gasteiger charge is 2.03. The second kappa shape index (κ2) is 2.73. The van der Waals surface area contributed by atoms with Crippen molar-refractivity contribution in [1.29, 1.82) is 0 Å². The van der Waals surface area contributed by atoms with E-state index >= 15 is 0 Å². The number of rotatable bonds is 1. The molecule has 3 nitrogen and oxygen atoms in total. The lowest BCUT2D eigenvalue weighted by molar-refractivity contribution is 0.614. The Bertz CT molecular complexity index is 522. The van der Waals surface area contributed by atoms with E-state index in [0.717, 1.165) is 16.8 Å². The summed E-state index contributed by atoms with van der Waals surface area (Å²) in [6.07, 6.45) is 3.53. The first-order valence-corrected chi connectivity index (χ1v) is 4.42. The summed E-state index contributed by atoms with van der Waals surface area (Å²) in [6, 6.07) is 11.8. The van der Waals surface area contributed by atoms with Gasteiger partial charge in [0.25, 0.3) is 0 Å². The normalized spacial score (nSPS) is 10.9. The average Bonchev–Trinajstić information content (AvgIpc) is 2.78. The Morgan fingerprint density at radius 2 is 1.93 bits per heavy atom. The second-order valence-electron chi connectivity index (χ2n) is 3.08. The fourth-order valence-electron chi connectivity index (χ4n) is 1.46. The molecular formula is C11H8N2O. The number of hydrogen-bond acceptors (Lipinski definition) is 2. The van der Waals surface area contributed by atoms with Gasteiger partial charge in [-0.1, -0.05) is 18.2 Å². The molecule has 0 radical (unpaired) electrons. The predicted octanol–water partition coefficient (Wildman–Crippen LogP) is 2.62. The van der Waals surface area contributed by atoms with Gasteiger partial charge in [-0.3, -0.25) is 0 Å². The third-order valence-electron chi connectivity index (χ3n) is 2.15. The van der Waals surface area contributed by atoms with E-state index in [1.807, 2.05) is 47.3 Å². The highest BCUT2D eigenvalue weighted by molar-refractivity contribution is 5.71. The molecule has 0 N–H and O–H groups in total. The van der Waals surface area contributed by atoms with Gasteiger partial charge in [0.1, 0.15) is 5.52 Å². The van der Waals surface area contributed by atoms with Crippen molar-refractivity contribution in [2.45, 2.75) is 0 Å². The third-order valence-corrected chi connectivity index (χ3v) is 2.15. The first kappa shape index (κ1) is 7.38. The van der Waals surface area contributed by atoms with E-state index in [4.69, 9.17) is 4.42 Å². The van der Waals surface area contributed by atoms with Crippen molar-refractivity contribution >= 4 is 11.1 Å². The quantitative estimate of drug-likeness (QED) is 0.582. The number of nitrogens with zero attached hydrogens (tertiary/aromatic N) is 2. The van der Waals surface area contributed by atoms with Gasteiger partial charge < -0.3 is 4.42 Å². The summed E-state index contributed by atoms with van der Waals surface area (Å²) in [5.41, 5.74) is 2.74. The standard InChI is InChI=1S/C11H8N2O/c1-2-4-9(5-3-1)13-8-11-10(12-13)6-7-14-11/h1-8H. The summed E-state index contributed by atoms with van der Waals surface area (Å²) in [4.78, 5) is 0. The van der Waals surface area contributed by atoms with Crippen molar-refractivity contribution in [2.24, 2.45) is 0 Å². The van der Waals surface area contributed by atoms with Crippen molar-refractivity contribution in [3.05, 3.63) is 48.9 Å². The SMILES string of the molecule is c1ccc(-n2cc3occc3n2)cc1. The Morgan fingerprint density at radius 1 is 1.07 bits per heavy atom. The van der Waals surface area contributed by atoms with E-state index in [-0.39, 0.29) is 0 Å². The molecule has 0 aliphatic rings. The van der Waals surface area contributed by atoms with E-state index in [1.165, 1.54) is 0 Å². The number of para-hydroxylation sites is 1. The van der Waals surface area contributed by atoms with Crippen LogP contribution in [0.25, 0.3) is 16.8 Å². The summed E-state index contributed by atoms with van der Waals surface area (Å²) in [5.74, 6) is 0. The van der Waals surface area contributed by atoms with Crippen LogP contribution in [0.2, 0.25) is 0 Å². The lowest BCUT2D eigenvalue weighted by Crippen LogP contribution is -1.92. The molecule has 2 aromatic heterocycles. The molecule has 0 aliphatic heterocycles. The lowest BCUT2D eigenvalue weighted by Gasteiger charge is -1.97. The molecule has 1 aromatic carbocycles. The van der Waals surface area contributed by atoms with Gasteiger partial charge in [-0.05, 0) is 12.1 Å². The van der Waals surface area contributed by atoms with Crippen LogP contribution in [0, 0.1) is 0 Å². The van der Waals surface area contributed by atoms with Gasteiger partial charge in [0, 0.05) is 6.07 Å². The molecular weight excluding hydrogens is 176 g/mol. The Hall–Kier alpha value is -2.03. The molecule has 2 heterocycles. The minimum Gasteiger partial charge on any atom is -0.461 e. The number of benzene rings is 1. The topological polar surface area (TPSA) is 31.0 Å². The van der Waals surface area contributed by atoms with Crippen LogP contribution in [0.5, 0.6) is 0 Å². The molecule has 0 amide bonds. The molecule has 14 heavy (non-hydrogen) atoms. The van der Waals surface area contributed by atoms with Gasteiger partial charge in [0.05, 0.1) is 18.1 Å². The van der Waals surface area contributed by atoms with E-state index in [1.54, 1.807) is 6.26 Å². The van der Waals surface area contributed by atoms with Gasteiger partial charge in [0.15, 0.2) is 5.58 Å². The first-order chi connectivity index (χ1) is 6.93. The van der Waals surface area contributed by atoms with Crippen LogP contribution in [0.4, 0.5) is 0 Å². The molecule has 68 valence electrons. The van der Waals surface area contributed by atoms with Crippen LogP contribution in [0.1, 0.15) is 0 Å². The van der Waals surface area contributed by atoms with Crippen LogP contribution in [0.3, 0.4) is 0 Å². The highest BCUT2D eigenvalue weighted by Crippen LogP contribution is 2.15. The Balaban J connectivity index is 2.19. The fraction of sp³-hybridized carbons (Fsp3) is 0. The van der Waals surface area contributed by atoms with E-state index in [2.05, 4.69) is 5.10 Å². The van der Waals surface area contributed by atoms with Crippen LogP contribution >= 0.6 is 0 Å². The minimum atomic E-state index is 0.814. The molecule has 0 saturated heterocycles. The molecule has 3 aromatic rings. The molecule has 3 heteroatoms. The van der Waals surface area contributed by atoms with Crippen LogP contribution in [0.15, 0.2) is 53.3 Å². The Labute approximate surface area is 80.6 Å². The zero-order valence-electron chi connectivity index (χ0n) is 7.42. The van der Waals surface area contributed by atoms with Crippen LogP contribution in [-0.2, 0) is 0 Å². The molecule has 0 saturated carbocycles. The molecule has 0 unspecified atom stereocenters. The summed E-state index contributed by atoms with van der Waals surface area (Å²) in [7, 11) is 0. The second-order valence-corrected chi connectivity index (χ2v) is 3.08. The largest absolute Gasteiger partial charge is 0.461 e. The van der Waals surface area contributed by atoms with Crippen molar-refractivity contribution < 1.29 is 4.42 Å². The number of hydrogen-bond donors (Lipinski definition) is 0. The maximum absolute atomic E-state index is 5.24. The molecule has 0 spiro atoms. The summed E-state index contributed by atoms with van der Waals surface area (Å²) in [6.45, 7) is 0. The summed E-state index contributed by atoms with van der Waals surface area (Å²) in [5, 5.41) is 4.37. The van der Waals surface area contributed by atoms with Crippen molar-refractivity contribution in [2.75, 3.05) is 0 Å². The fourth-order valence-corrected chi connectivity index (χ4v) is 1.46. The van der Waals surface area contributed by atoms with Crippen molar-refractivity contribution in [3.63, 3.8) is 0 Å². The molecule has 0 atom stereocenters. The maximum Gasteiger partial charge on any atom is 0.172 e. The number of fused-ring (bicyclic) bond motifs is 1. The van der Waals surface area contributed by atoms with Crippen LogP contribution in [-0.4, -0.2) is 9.78 Å². The van der Waals surface area contributed by atoms with Crippen molar-refractivity contribution in [3.8, 4) is 5.69 Å². The average molecular weight is 184 g/mol. The number of aromatic nitrogens is 2. The van der Waals surface area contributed by atoms with E-state index in [9.17, 15) is 0 Å². The van der Waals surface area contributed by atoms with Gasteiger partial charge in [-0.2, -0.15) is 5.10 Å². The van der Waals surface area contributed by atoms with Gasteiger partial charge in [-0.25, -0.2) is 4.68 Å². The third kappa shape index (κ3) is 1.03. The summed E-state index contributed by atoms with van der Waals surface area (Å²) < 4.78 is 7.05. The predicted molar refractivity (Wildman–Crippen MR) is 53.3 cm³/mol. The van der Waals surface area contributed by atoms with Gasteiger partial charge in [0.2, 0.25) is 0 Å². The first-order valence-electron chi connectivity index (χ1n) is 4.42. The van der Waals surface area contributed by atoms with Crippen molar-refractivity contribution in [1.82, 2.24) is 9.78 Å². The molecule has 0 aliphatic carbocycles. The van der Waals surface area contributed by atoms with E-state index < -0.39 is 0 Å². The monoisotopic (exact) mass is 184 g/mol. The summed E-state index contributed by atoms with van der Waals surface area (Å²) >= 11 is 0. The zero-order valence-corrected chi connectivity index (χ0v) is 7.42. The lowest BCUT2D eigenvalue weighted by atomic mass is 10.3. The smallest absolute Gasteiger partial charge is 0.172 e. The highest BCUT2D eigenvalue weighted by atomic mass is 16.3.